The van der Waals surface area contributed by atoms with Gasteiger partial charge < -0.3 is 16.2 Å². The van der Waals surface area contributed by atoms with Crippen molar-refractivity contribution in [1.29, 1.82) is 0 Å². The Hall–Kier alpha value is -3.03. The molecular formula is C20H17ClN4O2S. The average molecular weight is 413 g/mol. The number of carbonyl (C=O) groups is 1. The highest BCUT2D eigenvalue weighted by Crippen LogP contribution is 2.40. The highest BCUT2D eigenvalue weighted by Gasteiger charge is 2.22. The number of primary amides is 1. The van der Waals surface area contributed by atoms with E-state index in [0.717, 1.165) is 16.1 Å². The lowest BCUT2D eigenvalue weighted by Gasteiger charge is -2.16. The first kappa shape index (κ1) is 18.3. The number of anilines is 1. The van der Waals surface area contributed by atoms with Crippen LogP contribution in [0.15, 0.2) is 54.7 Å². The van der Waals surface area contributed by atoms with Crippen molar-refractivity contribution in [2.75, 3.05) is 5.73 Å². The molecule has 0 aliphatic heterocycles. The van der Waals surface area contributed by atoms with Gasteiger partial charge in [-0.3, -0.25) is 9.20 Å². The summed E-state index contributed by atoms with van der Waals surface area (Å²) in [5, 5.41) is 0.595. The molecule has 0 fully saturated rings. The summed E-state index contributed by atoms with van der Waals surface area (Å²) in [5.74, 6) is 0.198. The molecule has 3 aromatic heterocycles. The Morgan fingerprint density at radius 2 is 2.00 bits per heavy atom. The second-order valence-electron chi connectivity index (χ2n) is 6.22. The van der Waals surface area contributed by atoms with Crippen molar-refractivity contribution in [2.24, 2.45) is 5.73 Å². The second-order valence-corrected chi connectivity index (χ2v) is 7.68. The lowest BCUT2D eigenvalue weighted by Crippen LogP contribution is -2.12. The normalized spacial score (nSPS) is 12.2. The summed E-state index contributed by atoms with van der Waals surface area (Å²) in [6.45, 7) is 1.87. The molecule has 4 aromatic rings. The number of benzene rings is 1. The van der Waals surface area contributed by atoms with Gasteiger partial charge in [0.15, 0.2) is 5.82 Å². The number of carbonyl (C=O) groups excluding carboxylic acids is 1. The van der Waals surface area contributed by atoms with Crippen molar-refractivity contribution in [1.82, 2.24) is 9.38 Å². The van der Waals surface area contributed by atoms with E-state index in [-0.39, 0.29) is 6.10 Å². The van der Waals surface area contributed by atoms with Crippen LogP contribution in [0.1, 0.15) is 28.3 Å². The van der Waals surface area contributed by atoms with Crippen molar-refractivity contribution in [3.05, 3.63) is 70.2 Å². The van der Waals surface area contributed by atoms with Gasteiger partial charge in [-0.15, -0.1) is 11.3 Å². The SMILES string of the molecule is CC(Oc1cc(-c2c(N)nc3ccccn23)sc1C(N)=O)c1ccccc1Cl. The van der Waals surface area contributed by atoms with E-state index in [9.17, 15) is 4.79 Å². The van der Waals surface area contributed by atoms with Crippen LogP contribution in [0.25, 0.3) is 16.2 Å². The summed E-state index contributed by atoms with van der Waals surface area (Å²) < 4.78 is 7.93. The average Bonchev–Trinajstić information content (AvgIpc) is 3.21. The summed E-state index contributed by atoms with van der Waals surface area (Å²) in [6, 6.07) is 14.8. The monoisotopic (exact) mass is 412 g/mol. The molecule has 6 nitrogen and oxygen atoms in total. The molecule has 4 N–H and O–H groups in total. The number of aromatic nitrogens is 2. The topological polar surface area (TPSA) is 95.6 Å². The predicted octanol–water partition coefficient (Wildman–Crippen LogP) is 4.54. The van der Waals surface area contributed by atoms with E-state index < -0.39 is 5.91 Å². The Morgan fingerprint density at radius 3 is 2.75 bits per heavy atom. The number of halogens is 1. The van der Waals surface area contributed by atoms with E-state index in [2.05, 4.69) is 4.98 Å². The van der Waals surface area contributed by atoms with E-state index in [1.54, 1.807) is 12.1 Å². The molecule has 1 unspecified atom stereocenters. The lowest BCUT2D eigenvalue weighted by atomic mass is 10.1. The van der Waals surface area contributed by atoms with Gasteiger partial charge in [0, 0.05) is 22.8 Å². The van der Waals surface area contributed by atoms with Crippen LogP contribution >= 0.6 is 22.9 Å². The van der Waals surface area contributed by atoms with E-state index in [1.165, 1.54) is 11.3 Å². The molecule has 3 heterocycles. The molecule has 0 spiro atoms. The van der Waals surface area contributed by atoms with E-state index in [1.807, 2.05) is 53.9 Å². The molecule has 0 aliphatic rings. The number of pyridine rings is 1. The van der Waals surface area contributed by atoms with Crippen LogP contribution in [0.5, 0.6) is 5.75 Å². The van der Waals surface area contributed by atoms with Crippen LogP contribution in [0.4, 0.5) is 5.82 Å². The highest BCUT2D eigenvalue weighted by atomic mass is 35.5. The minimum absolute atomic E-state index is 0.319. The minimum Gasteiger partial charge on any atom is -0.484 e. The molecular weight excluding hydrogens is 396 g/mol. The number of imidazole rings is 1. The maximum Gasteiger partial charge on any atom is 0.262 e. The zero-order valence-electron chi connectivity index (χ0n) is 14.9. The number of rotatable bonds is 5. The van der Waals surface area contributed by atoms with Crippen molar-refractivity contribution < 1.29 is 9.53 Å². The Balaban J connectivity index is 1.77. The summed E-state index contributed by atoms with van der Waals surface area (Å²) in [7, 11) is 0. The fourth-order valence-corrected chi connectivity index (χ4v) is 4.35. The third-order valence-electron chi connectivity index (χ3n) is 4.36. The van der Waals surface area contributed by atoms with Crippen LogP contribution in [-0.4, -0.2) is 15.3 Å². The summed E-state index contributed by atoms with van der Waals surface area (Å²) >= 11 is 7.49. The molecule has 1 aromatic carbocycles. The lowest BCUT2D eigenvalue weighted by molar-refractivity contribution is 0.0998. The van der Waals surface area contributed by atoms with Gasteiger partial charge in [0.25, 0.3) is 5.91 Å². The van der Waals surface area contributed by atoms with Crippen LogP contribution in [-0.2, 0) is 0 Å². The van der Waals surface area contributed by atoms with Crippen molar-refractivity contribution in [2.45, 2.75) is 13.0 Å². The Kier molecular flexibility index (Phi) is 4.70. The van der Waals surface area contributed by atoms with Gasteiger partial charge in [0.1, 0.15) is 28.1 Å². The number of thiophene rings is 1. The van der Waals surface area contributed by atoms with Gasteiger partial charge in [-0.1, -0.05) is 35.9 Å². The largest absolute Gasteiger partial charge is 0.484 e. The maximum atomic E-state index is 12.0. The van der Waals surface area contributed by atoms with Crippen LogP contribution < -0.4 is 16.2 Å². The maximum absolute atomic E-state index is 12.0. The van der Waals surface area contributed by atoms with Crippen molar-refractivity contribution >= 4 is 40.3 Å². The third-order valence-corrected chi connectivity index (χ3v) is 5.84. The zero-order chi connectivity index (χ0) is 19.8. The number of amides is 1. The predicted molar refractivity (Wildman–Crippen MR) is 112 cm³/mol. The van der Waals surface area contributed by atoms with E-state index >= 15 is 0 Å². The molecule has 0 radical (unpaired) electrons. The number of hydrogen-bond acceptors (Lipinski definition) is 5. The second kappa shape index (κ2) is 7.18. The molecule has 1 atom stereocenters. The van der Waals surface area contributed by atoms with Crippen LogP contribution in [0.2, 0.25) is 5.02 Å². The standard InChI is InChI=1S/C20H17ClN4O2S/c1-11(12-6-2-3-7-13(12)21)27-14-10-15(28-18(14)20(23)26)17-19(22)24-16-8-4-5-9-25(16)17/h2-11H,22H2,1H3,(H2,23,26). The molecule has 8 heteroatoms. The fraction of sp³-hybridized carbons (Fsp3) is 0.100. The Bertz CT molecular complexity index is 1180. The smallest absolute Gasteiger partial charge is 0.262 e. The molecule has 142 valence electrons. The number of nitrogens with two attached hydrogens (primary N) is 2. The molecule has 0 bridgehead atoms. The first-order chi connectivity index (χ1) is 13.5. The van der Waals surface area contributed by atoms with E-state index in [0.29, 0.717) is 27.2 Å². The molecule has 0 saturated carbocycles. The van der Waals surface area contributed by atoms with Gasteiger partial charge in [-0.25, -0.2) is 4.98 Å². The van der Waals surface area contributed by atoms with Gasteiger partial charge in [0.2, 0.25) is 0 Å². The third kappa shape index (κ3) is 3.19. The quantitative estimate of drug-likeness (QED) is 0.503. The van der Waals surface area contributed by atoms with Crippen LogP contribution in [0.3, 0.4) is 0 Å². The molecule has 4 rings (SSSR count). The highest BCUT2D eigenvalue weighted by molar-refractivity contribution is 7.17. The number of ether oxygens (including phenoxy) is 1. The molecule has 0 saturated heterocycles. The van der Waals surface area contributed by atoms with Crippen molar-refractivity contribution in [3.63, 3.8) is 0 Å². The molecule has 28 heavy (non-hydrogen) atoms. The molecule has 0 aliphatic carbocycles. The van der Waals surface area contributed by atoms with Crippen molar-refractivity contribution in [3.8, 4) is 16.3 Å². The van der Waals surface area contributed by atoms with Crippen LogP contribution in [0, 0.1) is 0 Å². The number of nitrogen functional groups attached to an aromatic ring is 1. The molecule has 1 amide bonds. The minimum atomic E-state index is -0.565. The van der Waals surface area contributed by atoms with Gasteiger partial charge >= 0.3 is 0 Å². The van der Waals surface area contributed by atoms with E-state index in [4.69, 9.17) is 27.8 Å². The Labute approximate surface area is 170 Å². The Morgan fingerprint density at radius 1 is 1.25 bits per heavy atom. The van der Waals surface area contributed by atoms with Gasteiger partial charge in [-0.2, -0.15) is 0 Å². The number of nitrogens with zero attached hydrogens (tertiary/aromatic N) is 2. The van der Waals surface area contributed by atoms with Gasteiger partial charge in [0.05, 0.1) is 4.88 Å². The first-order valence-electron chi connectivity index (χ1n) is 8.53. The summed E-state index contributed by atoms with van der Waals surface area (Å²) in [5.41, 5.74) is 14.0. The number of fused-ring (bicyclic) bond motifs is 1. The fourth-order valence-electron chi connectivity index (χ4n) is 3.07. The summed E-state index contributed by atoms with van der Waals surface area (Å²) in [6.07, 6.45) is 1.50. The zero-order valence-corrected chi connectivity index (χ0v) is 16.5. The summed E-state index contributed by atoms with van der Waals surface area (Å²) in [4.78, 5) is 17.4. The number of hydrogen-bond donors (Lipinski definition) is 2. The first-order valence-corrected chi connectivity index (χ1v) is 9.73. The van der Waals surface area contributed by atoms with Gasteiger partial charge in [-0.05, 0) is 25.1 Å².